The summed E-state index contributed by atoms with van der Waals surface area (Å²) in [4.78, 5) is 11.4. The predicted octanol–water partition coefficient (Wildman–Crippen LogP) is 0.0357. The lowest BCUT2D eigenvalue weighted by atomic mass is 9.67. The highest BCUT2D eigenvalue weighted by atomic mass is 28.2. The average molecular weight is 276 g/mol. The summed E-state index contributed by atoms with van der Waals surface area (Å²) in [5.41, 5.74) is -0.633. The lowest BCUT2D eigenvalue weighted by molar-refractivity contribution is -0.353. The normalized spacial score (nSPS) is 16.5. The van der Waals surface area contributed by atoms with Crippen LogP contribution >= 0.6 is 0 Å². The van der Waals surface area contributed by atoms with E-state index in [1.54, 1.807) is 0 Å². The molecule has 0 fully saturated rings. The molecule has 0 saturated heterocycles. The van der Waals surface area contributed by atoms with Crippen LogP contribution in [-0.2, 0) is 18.4 Å². The first kappa shape index (κ1) is 16.6. The molecular weight excluding hydrogens is 252 g/mol. The van der Waals surface area contributed by atoms with Gasteiger partial charge in [-0.15, -0.1) is 0 Å². The van der Waals surface area contributed by atoms with Crippen molar-refractivity contribution >= 4 is 26.9 Å². The molecule has 0 aromatic rings. The van der Waals surface area contributed by atoms with E-state index in [9.17, 15) is 4.79 Å². The molecule has 0 rings (SSSR count). The van der Waals surface area contributed by atoms with Gasteiger partial charge in [0.05, 0.1) is 5.41 Å². The van der Waals surface area contributed by atoms with Gasteiger partial charge in [-0.05, 0) is 5.41 Å². The van der Waals surface area contributed by atoms with Crippen molar-refractivity contribution in [3.8, 4) is 0 Å². The summed E-state index contributed by atoms with van der Waals surface area (Å²) in [6.45, 7) is 13.5. The average Bonchev–Trinajstić information content (AvgIpc) is 2.23. The van der Waals surface area contributed by atoms with Gasteiger partial charge in [-0.2, -0.15) is 0 Å². The summed E-state index contributed by atoms with van der Waals surface area (Å²) in [6.07, 6.45) is 1.12. The van der Waals surface area contributed by atoms with Gasteiger partial charge >= 0.3 is 11.9 Å². The van der Waals surface area contributed by atoms with E-state index in [2.05, 4.69) is 27.4 Å². The maximum Gasteiger partial charge on any atom is 0.334 e. The second-order valence-corrected chi connectivity index (χ2v) is 6.28. The van der Waals surface area contributed by atoms with Crippen LogP contribution in [0.3, 0.4) is 0 Å². The Balaban J connectivity index is 5.47. The van der Waals surface area contributed by atoms with Gasteiger partial charge in [0.1, 0.15) is 0 Å². The smallest absolute Gasteiger partial charge is 0.334 e. The second-order valence-electron chi connectivity index (χ2n) is 5.46. The molecule has 0 radical (unpaired) electrons. The van der Waals surface area contributed by atoms with E-state index in [0.29, 0.717) is 21.0 Å². The highest BCUT2D eigenvalue weighted by Gasteiger charge is 2.55. The topological polar surface area (TPSA) is 44.8 Å². The van der Waals surface area contributed by atoms with Crippen LogP contribution in [0.1, 0.15) is 34.6 Å². The number of ether oxygens (including phenoxy) is 1. The molecule has 0 aliphatic rings. The van der Waals surface area contributed by atoms with Crippen molar-refractivity contribution in [2.45, 2.75) is 40.6 Å². The molecule has 0 saturated carbocycles. The third-order valence-electron chi connectivity index (χ3n) is 3.58. The summed E-state index contributed by atoms with van der Waals surface area (Å²) >= 11 is 0. The Morgan fingerprint density at radius 3 is 1.76 bits per heavy atom. The standard InChI is InChI=1S/C11H24O4Si2/c1-7-8(12)13-11(14-16,15-17)10(5,6)9(2,3)4/h7H,1H2,2-6,16-17H3. The maximum atomic E-state index is 11.4. The van der Waals surface area contributed by atoms with Gasteiger partial charge in [0.2, 0.25) is 0 Å². The summed E-state index contributed by atoms with van der Waals surface area (Å²) in [5.74, 6) is -1.84. The molecule has 0 aromatic carbocycles. The number of carbonyl (C=O) groups excluding carboxylic acids is 1. The molecule has 0 atom stereocenters. The first-order chi connectivity index (χ1) is 7.58. The van der Waals surface area contributed by atoms with Crippen LogP contribution in [0.4, 0.5) is 0 Å². The molecule has 17 heavy (non-hydrogen) atoms. The third-order valence-corrected chi connectivity index (χ3v) is 4.65. The molecule has 0 N–H and O–H groups in total. The Morgan fingerprint density at radius 2 is 1.53 bits per heavy atom. The van der Waals surface area contributed by atoms with E-state index in [0.717, 1.165) is 6.08 Å². The fourth-order valence-corrected chi connectivity index (χ4v) is 3.29. The van der Waals surface area contributed by atoms with Crippen molar-refractivity contribution in [3.05, 3.63) is 12.7 Å². The summed E-state index contributed by atoms with van der Waals surface area (Å²) in [6, 6.07) is 0. The largest absolute Gasteiger partial charge is 0.406 e. The lowest BCUT2D eigenvalue weighted by Gasteiger charge is -2.50. The molecular formula is C11H24O4Si2. The maximum absolute atomic E-state index is 11.4. The van der Waals surface area contributed by atoms with Crippen molar-refractivity contribution < 1.29 is 18.4 Å². The predicted molar refractivity (Wildman–Crippen MR) is 74.3 cm³/mol. The Bertz CT molecular complexity index is 290. The van der Waals surface area contributed by atoms with Crippen LogP contribution in [0.15, 0.2) is 12.7 Å². The number of rotatable bonds is 5. The van der Waals surface area contributed by atoms with Crippen LogP contribution in [0.5, 0.6) is 0 Å². The first-order valence-electron chi connectivity index (χ1n) is 5.53. The molecule has 6 heteroatoms. The minimum atomic E-state index is -1.31. The monoisotopic (exact) mass is 276 g/mol. The van der Waals surface area contributed by atoms with Crippen molar-refractivity contribution in [2.75, 3.05) is 0 Å². The molecule has 0 spiro atoms. The van der Waals surface area contributed by atoms with Crippen LogP contribution in [0.2, 0.25) is 0 Å². The van der Waals surface area contributed by atoms with Crippen molar-refractivity contribution in [3.63, 3.8) is 0 Å². The van der Waals surface area contributed by atoms with Crippen molar-refractivity contribution in [1.29, 1.82) is 0 Å². The second kappa shape index (κ2) is 5.47. The Labute approximate surface area is 110 Å². The van der Waals surface area contributed by atoms with E-state index in [1.807, 2.05) is 13.8 Å². The quantitative estimate of drug-likeness (QED) is 0.308. The minimum absolute atomic E-state index is 0.150. The zero-order chi connectivity index (χ0) is 13.9. The number of esters is 1. The van der Waals surface area contributed by atoms with Crippen molar-refractivity contribution in [2.24, 2.45) is 10.8 Å². The number of hydrogen-bond acceptors (Lipinski definition) is 4. The van der Waals surface area contributed by atoms with E-state index in [1.165, 1.54) is 0 Å². The summed E-state index contributed by atoms with van der Waals surface area (Å²) < 4.78 is 16.4. The van der Waals surface area contributed by atoms with Gasteiger partial charge in [-0.1, -0.05) is 41.2 Å². The number of hydrogen-bond donors (Lipinski definition) is 0. The van der Waals surface area contributed by atoms with E-state index in [4.69, 9.17) is 13.6 Å². The van der Waals surface area contributed by atoms with Gasteiger partial charge in [-0.3, -0.25) is 0 Å². The lowest BCUT2D eigenvalue weighted by Crippen LogP contribution is -2.57. The SMILES string of the molecule is C=CC(=O)OC(O[SiH3])(O[SiH3])C(C)(C)C(C)(C)C. The molecule has 4 nitrogen and oxygen atoms in total. The summed E-state index contributed by atoms with van der Waals surface area (Å²) in [5, 5.41) is 0. The minimum Gasteiger partial charge on any atom is -0.406 e. The molecule has 100 valence electrons. The molecule has 0 amide bonds. The first-order valence-corrected chi connectivity index (χ1v) is 7.17. The van der Waals surface area contributed by atoms with Gasteiger partial charge in [0.25, 0.3) is 0 Å². The molecule has 0 aliphatic heterocycles. The molecule has 0 heterocycles. The zero-order valence-electron chi connectivity index (χ0n) is 11.9. The molecule has 0 bridgehead atoms. The van der Waals surface area contributed by atoms with Gasteiger partial charge < -0.3 is 13.6 Å². The van der Waals surface area contributed by atoms with Gasteiger partial charge in [0.15, 0.2) is 21.0 Å². The third kappa shape index (κ3) is 3.07. The van der Waals surface area contributed by atoms with E-state index >= 15 is 0 Å². The van der Waals surface area contributed by atoms with Crippen LogP contribution in [-0.4, -0.2) is 32.9 Å². The molecule has 0 aliphatic carbocycles. The highest BCUT2D eigenvalue weighted by Crippen LogP contribution is 2.48. The Kier molecular flexibility index (Phi) is 5.33. The molecule has 0 aromatic heterocycles. The Morgan fingerprint density at radius 1 is 1.12 bits per heavy atom. The van der Waals surface area contributed by atoms with Crippen LogP contribution in [0.25, 0.3) is 0 Å². The van der Waals surface area contributed by atoms with E-state index in [-0.39, 0.29) is 5.41 Å². The fraction of sp³-hybridized carbons (Fsp3) is 0.727. The van der Waals surface area contributed by atoms with Crippen LogP contribution < -0.4 is 0 Å². The zero-order valence-corrected chi connectivity index (χ0v) is 15.9. The number of carbonyl (C=O) groups is 1. The summed E-state index contributed by atoms with van der Waals surface area (Å²) in [7, 11) is 0.828. The van der Waals surface area contributed by atoms with Crippen LogP contribution in [0, 0.1) is 10.8 Å². The van der Waals surface area contributed by atoms with Gasteiger partial charge in [0, 0.05) is 6.08 Å². The van der Waals surface area contributed by atoms with Gasteiger partial charge in [-0.25, -0.2) is 4.79 Å². The van der Waals surface area contributed by atoms with Crippen molar-refractivity contribution in [1.82, 2.24) is 0 Å². The highest BCUT2D eigenvalue weighted by molar-refractivity contribution is 6.00. The molecule has 0 unspecified atom stereocenters. The Hall–Kier alpha value is -0.436. The van der Waals surface area contributed by atoms with E-state index < -0.39 is 17.4 Å². The fourth-order valence-electron chi connectivity index (χ4n) is 1.44.